The minimum atomic E-state index is -1.61. The van der Waals surface area contributed by atoms with Gasteiger partial charge in [-0.3, -0.25) is 20.0 Å². The molecule has 0 fully saturated rings. The maximum Gasteiger partial charge on any atom is 0.321 e. The number of benzene rings is 2. The molecule has 0 amide bonds. The molecule has 2 rings (SSSR count). The van der Waals surface area contributed by atoms with Crippen LogP contribution in [-0.4, -0.2) is 28.8 Å². The SMILES string of the molecule is CCOC(=O)C(C(=O)c1ccccc1)c1cc(Cl)c(N([O-])[O-])cc1N(O)O. The third-order valence-electron chi connectivity index (χ3n) is 3.66. The van der Waals surface area contributed by atoms with E-state index >= 15 is 0 Å². The van der Waals surface area contributed by atoms with Crippen molar-refractivity contribution >= 4 is 34.7 Å². The molecule has 0 heterocycles. The monoisotopic (exact) mass is 394 g/mol. The fourth-order valence-electron chi connectivity index (χ4n) is 2.48. The highest BCUT2D eigenvalue weighted by Crippen LogP contribution is 2.38. The van der Waals surface area contributed by atoms with Gasteiger partial charge in [0.05, 0.1) is 11.6 Å². The standard InChI is InChI=1S/C17H15ClN2O7/c1-2-27-17(22)15(16(21)10-6-4-3-5-7-10)11-8-12(18)14(20(25)26)9-13(11)19(23)24/h3-9,15,23-24H,2H2,1H3/q-2. The maximum absolute atomic E-state index is 12.9. The lowest BCUT2D eigenvalue weighted by molar-refractivity contribution is -0.143. The molecule has 10 heteroatoms. The van der Waals surface area contributed by atoms with Crippen molar-refractivity contribution in [3.63, 3.8) is 0 Å². The van der Waals surface area contributed by atoms with E-state index in [0.717, 1.165) is 12.1 Å². The van der Waals surface area contributed by atoms with Gasteiger partial charge >= 0.3 is 5.97 Å². The van der Waals surface area contributed by atoms with Crippen LogP contribution in [0.1, 0.15) is 28.8 Å². The Morgan fingerprint density at radius 3 is 2.30 bits per heavy atom. The molecule has 1 unspecified atom stereocenters. The number of ketones is 1. The molecule has 0 aromatic heterocycles. The molecule has 9 nitrogen and oxygen atoms in total. The third-order valence-corrected chi connectivity index (χ3v) is 3.96. The Morgan fingerprint density at radius 1 is 1.15 bits per heavy atom. The van der Waals surface area contributed by atoms with E-state index in [-0.39, 0.29) is 22.8 Å². The Morgan fingerprint density at radius 2 is 1.78 bits per heavy atom. The van der Waals surface area contributed by atoms with E-state index in [1.165, 1.54) is 19.1 Å². The molecule has 0 radical (unpaired) electrons. The summed E-state index contributed by atoms with van der Waals surface area (Å²) < 4.78 is 4.93. The maximum atomic E-state index is 12.9. The van der Waals surface area contributed by atoms with Crippen molar-refractivity contribution in [1.82, 2.24) is 0 Å². The van der Waals surface area contributed by atoms with E-state index in [1.54, 1.807) is 18.2 Å². The van der Waals surface area contributed by atoms with Gasteiger partial charge in [0.25, 0.3) is 0 Å². The van der Waals surface area contributed by atoms with Crippen molar-refractivity contribution in [2.45, 2.75) is 12.8 Å². The van der Waals surface area contributed by atoms with Crippen LogP contribution in [0.15, 0.2) is 42.5 Å². The summed E-state index contributed by atoms with van der Waals surface area (Å²) in [6, 6.07) is 9.51. The zero-order valence-corrected chi connectivity index (χ0v) is 14.8. The quantitative estimate of drug-likeness (QED) is 0.313. The van der Waals surface area contributed by atoms with Crippen molar-refractivity contribution in [3.8, 4) is 0 Å². The molecule has 2 N–H and O–H groups in total. The number of rotatable bonds is 7. The van der Waals surface area contributed by atoms with Crippen molar-refractivity contribution < 1.29 is 24.7 Å². The first-order valence-electron chi connectivity index (χ1n) is 7.69. The van der Waals surface area contributed by atoms with Gasteiger partial charge in [-0.2, -0.15) is 0 Å². The first-order chi connectivity index (χ1) is 12.8. The Hall–Kier alpha value is -2.69. The molecule has 0 aliphatic heterocycles. The van der Waals surface area contributed by atoms with Crippen LogP contribution in [-0.2, 0) is 9.53 Å². The Kier molecular flexibility index (Phi) is 6.72. The molecule has 2 aromatic rings. The first-order valence-corrected chi connectivity index (χ1v) is 8.07. The van der Waals surface area contributed by atoms with Gasteiger partial charge in [-0.15, -0.1) is 5.23 Å². The van der Waals surface area contributed by atoms with Crippen molar-refractivity contribution in [2.75, 3.05) is 17.1 Å². The number of anilines is 2. The molecule has 0 saturated heterocycles. The average Bonchev–Trinajstić information content (AvgIpc) is 2.62. The number of nitrogens with zero attached hydrogens (tertiary/aromatic N) is 2. The molecule has 0 aliphatic carbocycles. The molecule has 144 valence electrons. The number of esters is 1. The Bertz CT molecular complexity index is 828. The first kappa shape index (κ1) is 20.6. The second-order valence-corrected chi connectivity index (χ2v) is 5.73. The van der Waals surface area contributed by atoms with Gasteiger partial charge in [-0.25, -0.2) is 0 Å². The minimum Gasteiger partial charge on any atom is -0.769 e. The van der Waals surface area contributed by atoms with Crippen LogP contribution < -0.4 is 10.5 Å². The van der Waals surface area contributed by atoms with Gasteiger partial charge in [0, 0.05) is 16.8 Å². The molecule has 0 bridgehead atoms. The summed E-state index contributed by atoms with van der Waals surface area (Å²) >= 11 is 5.89. The van der Waals surface area contributed by atoms with Crippen molar-refractivity contribution in [1.29, 1.82) is 0 Å². The van der Waals surface area contributed by atoms with E-state index < -0.39 is 39.5 Å². The summed E-state index contributed by atoms with van der Waals surface area (Å²) in [5, 5.41) is 39.4. The molecular weight excluding hydrogens is 380 g/mol. The fraction of sp³-hybridized carbons (Fsp3) is 0.176. The zero-order valence-electron chi connectivity index (χ0n) is 14.0. The number of hydrogen-bond donors (Lipinski definition) is 2. The number of hydrogen-bond acceptors (Lipinski definition) is 9. The van der Waals surface area contributed by atoms with Crippen LogP contribution in [0.25, 0.3) is 0 Å². The van der Waals surface area contributed by atoms with Crippen LogP contribution in [0, 0.1) is 10.4 Å². The molecule has 0 aliphatic rings. The van der Waals surface area contributed by atoms with E-state index in [0.29, 0.717) is 0 Å². The van der Waals surface area contributed by atoms with Crippen LogP contribution in [0.5, 0.6) is 0 Å². The summed E-state index contributed by atoms with van der Waals surface area (Å²) in [5.41, 5.74) is -1.26. The summed E-state index contributed by atoms with van der Waals surface area (Å²) in [7, 11) is 0. The lowest BCUT2D eigenvalue weighted by Crippen LogP contribution is -2.27. The van der Waals surface area contributed by atoms with Crippen LogP contribution >= 0.6 is 11.6 Å². The molecular formula is C17H15ClN2O7-2. The van der Waals surface area contributed by atoms with E-state index in [4.69, 9.17) is 16.3 Å². The molecule has 1 atom stereocenters. The van der Waals surface area contributed by atoms with Crippen LogP contribution in [0.3, 0.4) is 0 Å². The number of Topliss-reactive ketones (excluding diaryl/α,β-unsaturated/α-hetero) is 1. The highest BCUT2D eigenvalue weighted by atomic mass is 35.5. The highest BCUT2D eigenvalue weighted by Gasteiger charge is 2.34. The van der Waals surface area contributed by atoms with Gasteiger partial charge in [-0.1, -0.05) is 41.9 Å². The van der Waals surface area contributed by atoms with Crippen molar-refractivity contribution in [3.05, 3.63) is 69.0 Å². The average molecular weight is 395 g/mol. The molecule has 2 aromatic carbocycles. The lowest BCUT2D eigenvalue weighted by atomic mass is 9.89. The van der Waals surface area contributed by atoms with Crippen LogP contribution in [0.2, 0.25) is 5.02 Å². The number of carbonyl (C=O) groups excluding carboxylic acids is 2. The number of ether oxygens (including phenoxy) is 1. The molecule has 0 spiro atoms. The van der Waals surface area contributed by atoms with Gasteiger partial charge in [-0.05, 0) is 19.1 Å². The molecule has 0 saturated carbocycles. The zero-order chi connectivity index (χ0) is 20.1. The predicted molar refractivity (Wildman–Crippen MR) is 96.9 cm³/mol. The van der Waals surface area contributed by atoms with Gasteiger partial charge in [0.15, 0.2) is 5.78 Å². The summed E-state index contributed by atoms with van der Waals surface area (Å²) in [6.45, 7) is 1.51. The van der Waals surface area contributed by atoms with Gasteiger partial charge in [0.2, 0.25) is 0 Å². The summed E-state index contributed by atoms with van der Waals surface area (Å²) in [6.07, 6.45) is 0. The topological polar surface area (TPSA) is 136 Å². The predicted octanol–water partition coefficient (Wildman–Crippen LogP) is 3.26. The summed E-state index contributed by atoms with van der Waals surface area (Å²) in [5.74, 6) is -3.26. The van der Waals surface area contributed by atoms with Crippen molar-refractivity contribution in [2.24, 2.45) is 0 Å². The second-order valence-electron chi connectivity index (χ2n) is 5.32. The number of carbonyl (C=O) groups is 2. The lowest BCUT2D eigenvalue weighted by Gasteiger charge is -2.39. The van der Waals surface area contributed by atoms with E-state index in [9.17, 15) is 30.4 Å². The highest BCUT2D eigenvalue weighted by molar-refractivity contribution is 6.33. The van der Waals surface area contributed by atoms with E-state index in [2.05, 4.69) is 0 Å². The second kappa shape index (κ2) is 8.80. The normalized spacial score (nSPS) is 11.6. The fourth-order valence-corrected chi connectivity index (χ4v) is 2.72. The van der Waals surface area contributed by atoms with Gasteiger partial charge < -0.3 is 20.4 Å². The molecule has 27 heavy (non-hydrogen) atoms. The summed E-state index contributed by atoms with van der Waals surface area (Å²) in [4.78, 5) is 25.4. The van der Waals surface area contributed by atoms with E-state index in [1.807, 2.05) is 0 Å². The van der Waals surface area contributed by atoms with Gasteiger partial charge in [0.1, 0.15) is 11.6 Å². The smallest absolute Gasteiger partial charge is 0.321 e. The minimum absolute atomic E-state index is 0.0323. The Balaban J connectivity index is 2.66. The number of halogens is 1. The Labute approximate surface area is 159 Å². The van der Waals surface area contributed by atoms with Crippen LogP contribution in [0.4, 0.5) is 11.4 Å². The largest absolute Gasteiger partial charge is 0.769 e. The third kappa shape index (κ3) is 4.54.